The van der Waals surface area contributed by atoms with Gasteiger partial charge in [0.15, 0.2) is 5.78 Å². The number of carbonyl (C=O) groups excluding carboxylic acids is 1. The second-order valence-electron chi connectivity index (χ2n) is 6.70. The molecule has 1 fully saturated rings. The molecule has 1 aliphatic heterocycles. The van der Waals surface area contributed by atoms with E-state index in [-0.39, 0.29) is 16.9 Å². The van der Waals surface area contributed by atoms with Gasteiger partial charge in [0.25, 0.3) is 0 Å². The monoisotopic (exact) mass is 257 g/mol. The molecule has 0 saturated carbocycles. The molecule has 0 amide bonds. The molecule has 19 heavy (non-hydrogen) atoms. The number of piperidine rings is 1. The van der Waals surface area contributed by atoms with E-state index < -0.39 is 0 Å². The lowest BCUT2D eigenvalue weighted by molar-refractivity contribution is -0.119. The molecule has 102 valence electrons. The van der Waals surface area contributed by atoms with E-state index in [9.17, 15) is 4.79 Å². The maximum Gasteiger partial charge on any atom is 0.162 e. The van der Waals surface area contributed by atoms with Crippen molar-refractivity contribution in [2.45, 2.75) is 52.1 Å². The van der Waals surface area contributed by atoms with Crippen molar-refractivity contribution in [1.82, 2.24) is 5.32 Å². The van der Waals surface area contributed by atoms with Gasteiger partial charge in [0.05, 0.1) is 0 Å². The lowest BCUT2D eigenvalue weighted by Crippen LogP contribution is -2.59. The SMILES string of the molecule is Cc1ccc(/C=C2/C(=O)CC(C)(C)NC2(C)C)cc1. The van der Waals surface area contributed by atoms with E-state index in [2.05, 4.69) is 64.2 Å². The van der Waals surface area contributed by atoms with E-state index in [1.165, 1.54) is 5.56 Å². The molecule has 0 unspecified atom stereocenters. The third-order valence-corrected chi connectivity index (χ3v) is 3.62. The normalized spacial score (nSPS) is 23.6. The predicted molar refractivity (Wildman–Crippen MR) is 80.1 cm³/mol. The van der Waals surface area contributed by atoms with Crippen molar-refractivity contribution in [3.05, 3.63) is 41.0 Å². The van der Waals surface area contributed by atoms with Gasteiger partial charge in [0, 0.05) is 23.1 Å². The number of ketones is 1. The third-order valence-electron chi connectivity index (χ3n) is 3.62. The molecule has 1 N–H and O–H groups in total. The molecule has 0 atom stereocenters. The first kappa shape index (κ1) is 14.0. The Bertz CT molecular complexity index is 521. The summed E-state index contributed by atoms with van der Waals surface area (Å²) in [6.07, 6.45) is 2.57. The minimum atomic E-state index is -0.288. The van der Waals surface area contributed by atoms with E-state index in [4.69, 9.17) is 0 Å². The van der Waals surface area contributed by atoms with Gasteiger partial charge >= 0.3 is 0 Å². The lowest BCUT2D eigenvalue weighted by Gasteiger charge is -2.43. The van der Waals surface area contributed by atoms with E-state index >= 15 is 0 Å². The van der Waals surface area contributed by atoms with Gasteiger partial charge in [0.1, 0.15) is 0 Å². The average molecular weight is 257 g/mol. The van der Waals surface area contributed by atoms with E-state index in [0.29, 0.717) is 6.42 Å². The zero-order chi connectivity index (χ0) is 14.3. The maximum atomic E-state index is 12.4. The highest BCUT2D eigenvalue weighted by Crippen LogP contribution is 2.31. The first-order valence-electron chi connectivity index (χ1n) is 6.81. The van der Waals surface area contributed by atoms with Crippen LogP contribution in [0, 0.1) is 6.92 Å². The van der Waals surface area contributed by atoms with Crippen LogP contribution in [0.3, 0.4) is 0 Å². The fourth-order valence-corrected chi connectivity index (χ4v) is 2.89. The number of hydrogen-bond acceptors (Lipinski definition) is 2. The van der Waals surface area contributed by atoms with Crippen LogP contribution in [0.1, 0.15) is 45.2 Å². The number of rotatable bonds is 1. The van der Waals surface area contributed by atoms with Crippen LogP contribution >= 0.6 is 0 Å². The zero-order valence-corrected chi connectivity index (χ0v) is 12.5. The van der Waals surface area contributed by atoms with E-state index in [1.54, 1.807) is 0 Å². The van der Waals surface area contributed by atoms with Crippen LogP contribution < -0.4 is 5.32 Å². The molecule has 1 saturated heterocycles. The third kappa shape index (κ3) is 3.13. The molecule has 2 nitrogen and oxygen atoms in total. The second-order valence-corrected chi connectivity index (χ2v) is 6.70. The predicted octanol–water partition coefficient (Wildman–Crippen LogP) is 3.50. The molecule has 0 aliphatic carbocycles. The highest BCUT2D eigenvalue weighted by Gasteiger charge is 2.40. The van der Waals surface area contributed by atoms with Crippen LogP contribution in [-0.4, -0.2) is 16.9 Å². The average Bonchev–Trinajstić information content (AvgIpc) is 2.23. The van der Waals surface area contributed by atoms with Crippen LogP contribution in [0.5, 0.6) is 0 Å². The highest BCUT2D eigenvalue weighted by molar-refractivity contribution is 6.03. The summed E-state index contributed by atoms with van der Waals surface area (Å²) in [4.78, 5) is 12.4. The molecular formula is C17H23NO. The molecule has 0 aromatic heterocycles. The molecule has 1 aromatic carbocycles. The Kier molecular flexibility index (Phi) is 3.40. The quantitative estimate of drug-likeness (QED) is 0.780. The topological polar surface area (TPSA) is 29.1 Å². The minimum absolute atomic E-state index is 0.134. The van der Waals surface area contributed by atoms with Crippen molar-refractivity contribution < 1.29 is 4.79 Å². The number of Topliss-reactive ketones (excluding diaryl/α,β-unsaturated/α-hetero) is 1. The van der Waals surface area contributed by atoms with Gasteiger partial charge < -0.3 is 5.32 Å². The van der Waals surface area contributed by atoms with Gasteiger partial charge in [-0.15, -0.1) is 0 Å². The van der Waals surface area contributed by atoms with Gasteiger partial charge in [0.2, 0.25) is 0 Å². The second kappa shape index (κ2) is 4.61. The minimum Gasteiger partial charge on any atom is -0.302 e. The van der Waals surface area contributed by atoms with Crippen molar-refractivity contribution in [2.24, 2.45) is 0 Å². The first-order chi connectivity index (χ1) is 8.70. The van der Waals surface area contributed by atoms with Crippen molar-refractivity contribution in [3.8, 4) is 0 Å². The Morgan fingerprint density at radius 2 is 1.68 bits per heavy atom. The Balaban J connectivity index is 2.38. The van der Waals surface area contributed by atoms with Gasteiger partial charge in [-0.2, -0.15) is 0 Å². The smallest absolute Gasteiger partial charge is 0.162 e. The maximum absolute atomic E-state index is 12.4. The van der Waals surface area contributed by atoms with Gasteiger partial charge in [-0.1, -0.05) is 29.8 Å². The summed E-state index contributed by atoms with van der Waals surface area (Å²) in [5.41, 5.74) is 2.77. The van der Waals surface area contributed by atoms with E-state index in [0.717, 1.165) is 11.1 Å². The fourth-order valence-electron chi connectivity index (χ4n) is 2.89. The molecule has 2 rings (SSSR count). The molecule has 0 spiro atoms. The van der Waals surface area contributed by atoms with Crippen molar-refractivity contribution in [1.29, 1.82) is 0 Å². The van der Waals surface area contributed by atoms with Crippen molar-refractivity contribution in [2.75, 3.05) is 0 Å². The van der Waals surface area contributed by atoms with Gasteiger partial charge in [-0.3, -0.25) is 4.79 Å². The summed E-state index contributed by atoms with van der Waals surface area (Å²) >= 11 is 0. The van der Waals surface area contributed by atoms with Crippen LogP contribution in [-0.2, 0) is 4.79 Å². The van der Waals surface area contributed by atoms with Crippen LogP contribution in [0.25, 0.3) is 6.08 Å². The van der Waals surface area contributed by atoms with Gasteiger partial charge in [-0.25, -0.2) is 0 Å². The first-order valence-corrected chi connectivity index (χ1v) is 6.81. The summed E-state index contributed by atoms with van der Waals surface area (Å²) in [6.45, 7) is 10.4. The lowest BCUT2D eigenvalue weighted by atomic mass is 9.77. The molecule has 0 bridgehead atoms. The molecule has 1 aromatic rings. The Morgan fingerprint density at radius 1 is 1.11 bits per heavy atom. The summed E-state index contributed by atoms with van der Waals surface area (Å²) in [6, 6.07) is 8.27. The Labute approximate surface area is 115 Å². The summed E-state index contributed by atoms with van der Waals surface area (Å²) in [5, 5.41) is 3.55. The highest BCUT2D eigenvalue weighted by atomic mass is 16.1. The Hall–Kier alpha value is -1.41. The van der Waals surface area contributed by atoms with Crippen LogP contribution in [0.2, 0.25) is 0 Å². The Morgan fingerprint density at radius 3 is 2.21 bits per heavy atom. The van der Waals surface area contributed by atoms with Crippen LogP contribution in [0.15, 0.2) is 29.8 Å². The van der Waals surface area contributed by atoms with Gasteiger partial charge in [-0.05, 0) is 46.3 Å². The van der Waals surface area contributed by atoms with Crippen LogP contribution in [0.4, 0.5) is 0 Å². The summed E-state index contributed by atoms with van der Waals surface area (Å²) in [5.74, 6) is 0.245. The summed E-state index contributed by atoms with van der Waals surface area (Å²) < 4.78 is 0. The largest absolute Gasteiger partial charge is 0.302 e. The molecule has 2 heteroatoms. The fraction of sp³-hybridized carbons (Fsp3) is 0.471. The number of nitrogens with one attached hydrogen (secondary N) is 1. The number of carbonyl (C=O) groups is 1. The number of aryl methyl sites for hydroxylation is 1. The number of benzene rings is 1. The standard InChI is InChI=1S/C17H23NO/c1-12-6-8-13(9-7-12)10-14-15(19)11-16(2,3)18-17(14,4)5/h6-10,18H,11H2,1-5H3/b14-10-. The van der Waals surface area contributed by atoms with E-state index in [1.807, 2.05) is 6.08 Å². The zero-order valence-electron chi connectivity index (χ0n) is 12.5. The van der Waals surface area contributed by atoms with Crippen molar-refractivity contribution in [3.63, 3.8) is 0 Å². The number of hydrogen-bond donors (Lipinski definition) is 1. The van der Waals surface area contributed by atoms with Crippen molar-refractivity contribution >= 4 is 11.9 Å². The molecule has 1 aliphatic rings. The molecular weight excluding hydrogens is 234 g/mol. The molecule has 0 radical (unpaired) electrons. The molecule has 1 heterocycles. The summed E-state index contributed by atoms with van der Waals surface area (Å²) in [7, 11) is 0.